The van der Waals surface area contributed by atoms with Gasteiger partial charge in [-0.3, -0.25) is 4.79 Å². The zero-order valence-electron chi connectivity index (χ0n) is 10.8. The molecule has 3 aliphatic rings. The first-order chi connectivity index (χ1) is 8.94. The Labute approximate surface area is 110 Å². The molecule has 0 bridgehead atoms. The van der Waals surface area contributed by atoms with Crippen LogP contribution >= 0.6 is 0 Å². The van der Waals surface area contributed by atoms with E-state index in [1.165, 1.54) is 0 Å². The highest BCUT2D eigenvalue weighted by atomic mass is 16.5. The van der Waals surface area contributed by atoms with Crippen molar-refractivity contribution in [2.75, 3.05) is 6.61 Å². The van der Waals surface area contributed by atoms with Gasteiger partial charge in [0.15, 0.2) is 5.78 Å². The Morgan fingerprint density at radius 1 is 1.37 bits per heavy atom. The van der Waals surface area contributed by atoms with Crippen LogP contribution in [0.2, 0.25) is 0 Å². The fourth-order valence-electron chi connectivity index (χ4n) is 3.01. The van der Waals surface area contributed by atoms with Gasteiger partial charge in [-0.05, 0) is 36.3 Å². The highest BCUT2D eigenvalue weighted by molar-refractivity contribution is 5.98. The lowest BCUT2D eigenvalue weighted by atomic mass is 9.68. The van der Waals surface area contributed by atoms with E-state index in [1.807, 2.05) is 26.0 Å². The molecular weight excluding hydrogens is 244 g/mol. The van der Waals surface area contributed by atoms with Crippen molar-refractivity contribution in [3.8, 4) is 0 Å². The minimum absolute atomic E-state index is 0.0770. The summed E-state index contributed by atoms with van der Waals surface area (Å²) in [5, 5.41) is 9.26. The molecule has 3 rings (SSSR count). The van der Waals surface area contributed by atoms with Crippen molar-refractivity contribution in [2.45, 2.75) is 20.3 Å². The number of aliphatic hydroxyl groups excluding tert-OH is 1. The van der Waals surface area contributed by atoms with Crippen molar-refractivity contribution < 1.29 is 19.4 Å². The second-order valence-corrected chi connectivity index (χ2v) is 5.39. The molecule has 0 saturated heterocycles. The molecule has 0 unspecified atom stereocenters. The third-order valence-corrected chi connectivity index (χ3v) is 3.90. The number of hydrogen-bond acceptors (Lipinski definition) is 4. The molecule has 0 fully saturated rings. The molecule has 1 atom stereocenters. The Morgan fingerprint density at radius 3 is 2.79 bits per heavy atom. The smallest absolute Gasteiger partial charge is 0.342 e. The average Bonchev–Trinajstić information content (AvgIpc) is 2.59. The minimum Gasteiger partial charge on any atom is -0.423 e. The largest absolute Gasteiger partial charge is 0.423 e. The molecule has 0 aromatic heterocycles. The van der Waals surface area contributed by atoms with E-state index >= 15 is 0 Å². The maximum atomic E-state index is 11.7. The van der Waals surface area contributed by atoms with Crippen molar-refractivity contribution in [2.24, 2.45) is 5.41 Å². The number of rotatable bonds is 1. The third-order valence-electron chi connectivity index (χ3n) is 3.90. The van der Waals surface area contributed by atoms with Gasteiger partial charge in [-0.2, -0.15) is 0 Å². The van der Waals surface area contributed by atoms with E-state index in [9.17, 15) is 14.7 Å². The fraction of sp³-hybridized carbons (Fsp3) is 0.333. The molecule has 0 saturated carbocycles. The van der Waals surface area contributed by atoms with Gasteiger partial charge in [0.05, 0.1) is 12.2 Å². The predicted molar refractivity (Wildman–Crippen MR) is 67.9 cm³/mol. The van der Waals surface area contributed by atoms with Gasteiger partial charge in [-0.15, -0.1) is 0 Å². The number of carbonyl (C=O) groups excluding carboxylic acids is 2. The maximum absolute atomic E-state index is 11.7. The number of carbonyl (C=O) groups is 2. The summed E-state index contributed by atoms with van der Waals surface area (Å²) in [5.41, 5.74) is 2.40. The van der Waals surface area contributed by atoms with Gasteiger partial charge in [-0.25, -0.2) is 4.79 Å². The average molecular weight is 258 g/mol. The van der Waals surface area contributed by atoms with Crippen molar-refractivity contribution in [1.82, 2.24) is 0 Å². The van der Waals surface area contributed by atoms with Gasteiger partial charge in [0.2, 0.25) is 0 Å². The van der Waals surface area contributed by atoms with Crippen LogP contribution < -0.4 is 0 Å². The maximum Gasteiger partial charge on any atom is 0.342 e. The van der Waals surface area contributed by atoms with Crippen LogP contribution in [0.5, 0.6) is 0 Å². The van der Waals surface area contributed by atoms with E-state index in [-0.39, 0.29) is 18.0 Å². The fourth-order valence-corrected chi connectivity index (χ4v) is 3.01. The Hall–Kier alpha value is -1.94. The van der Waals surface area contributed by atoms with E-state index in [0.717, 1.165) is 11.1 Å². The zero-order valence-corrected chi connectivity index (χ0v) is 10.8. The summed E-state index contributed by atoms with van der Waals surface area (Å²) in [6, 6.07) is 0. The lowest BCUT2D eigenvalue weighted by molar-refractivity contribution is -0.133. The number of ether oxygens (including phenoxy) is 1. The standard InChI is InChI=1S/C15H14O4/c1-8-3-9(17)5-15(2)6-13-10(4-12(8)15)11(7-16)14(18)19-13/h3-4,6,16H,5,7H2,1-2H3/t15-/m0/s1. The lowest BCUT2D eigenvalue weighted by Crippen LogP contribution is -2.28. The second-order valence-electron chi connectivity index (χ2n) is 5.39. The molecule has 0 radical (unpaired) electrons. The Balaban J connectivity index is 2.21. The van der Waals surface area contributed by atoms with E-state index in [0.29, 0.717) is 17.8 Å². The normalized spacial score (nSPS) is 29.3. The van der Waals surface area contributed by atoms with Gasteiger partial charge in [0.1, 0.15) is 5.76 Å². The SMILES string of the molecule is CC1=CC(=O)C[C@@]2(C)C=C3OC(=O)C(CO)=C3C=C12. The summed E-state index contributed by atoms with van der Waals surface area (Å²) in [6.45, 7) is 3.51. The monoisotopic (exact) mass is 258 g/mol. The summed E-state index contributed by atoms with van der Waals surface area (Å²) in [5.74, 6) is 0.0340. The van der Waals surface area contributed by atoms with Crippen LogP contribution in [-0.2, 0) is 14.3 Å². The molecule has 1 aliphatic heterocycles. The van der Waals surface area contributed by atoms with E-state index in [2.05, 4.69) is 0 Å². The summed E-state index contributed by atoms with van der Waals surface area (Å²) in [7, 11) is 0. The highest BCUT2D eigenvalue weighted by Crippen LogP contribution is 2.48. The van der Waals surface area contributed by atoms with Crippen LogP contribution in [-0.4, -0.2) is 23.5 Å². The van der Waals surface area contributed by atoms with Crippen molar-refractivity contribution in [3.05, 3.63) is 46.3 Å². The van der Waals surface area contributed by atoms with Crippen LogP contribution in [0.15, 0.2) is 46.3 Å². The van der Waals surface area contributed by atoms with E-state index in [4.69, 9.17) is 4.74 Å². The number of aliphatic hydroxyl groups is 1. The van der Waals surface area contributed by atoms with Crippen LogP contribution in [0, 0.1) is 5.41 Å². The first-order valence-corrected chi connectivity index (χ1v) is 6.18. The number of hydrogen-bond donors (Lipinski definition) is 1. The highest BCUT2D eigenvalue weighted by Gasteiger charge is 2.41. The van der Waals surface area contributed by atoms with Gasteiger partial charge >= 0.3 is 5.97 Å². The number of ketones is 1. The number of allylic oxidation sites excluding steroid dienone is 5. The molecule has 4 heteroatoms. The second kappa shape index (κ2) is 3.78. The van der Waals surface area contributed by atoms with Crippen LogP contribution in [0.25, 0.3) is 0 Å². The predicted octanol–water partition coefficient (Wildman–Crippen LogP) is 1.58. The first-order valence-electron chi connectivity index (χ1n) is 6.18. The van der Waals surface area contributed by atoms with E-state index in [1.54, 1.807) is 6.08 Å². The third kappa shape index (κ3) is 1.64. The molecule has 0 aromatic carbocycles. The Kier molecular flexibility index (Phi) is 2.41. The van der Waals surface area contributed by atoms with Crippen LogP contribution in [0.4, 0.5) is 0 Å². The summed E-state index contributed by atoms with van der Waals surface area (Å²) in [4.78, 5) is 23.4. The zero-order chi connectivity index (χ0) is 13.8. The van der Waals surface area contributed by atoms with Crippen molar-refractivity contribution in [1.29, 1.82) is 0 Å². The van der Waals surface area contributed by atoms with Gasteiger partial charge in [-0.1, -0.05) is 6.92 Å². The molecule has 2 aliphatic carbocycles. The van der Waals surface area contributed by atoms with Crippen LogP contribution in [0.3, 0.4) is 0 Å². The minimum atomic E-state index is -0.504. The topological polar surface area (TPSA) is 63.6 Å². The molecule has 98 valence electrons. The first kappa shape index (κ1) is 12.1. The van der Waals surface area contributed by atoms with Crippen molar-refractivity contribution in [3.63, 3.8) is 0 Å². The van der Waals surface area contributed by atoms with Gasteiger partial charge in [0.25, 0.3) is 0 Å². The molecule has 1 N–H and O–H groups in total. The molecule has 0 amide bonds. The van der Waals surface area contributed by atoms with Crippen LogP contribution in [0.1, 0.15) is 20.3 Å². The quantitative estimate of drug-likeness (QED) is 0.725. The van der Waals surface area contributed by atoms with Gasteiger partial charge < -0.3 is 9.84 Å². The summed E-state index contributed by atoms with van der Waals surface area (Å²) >= 11 is 0. The summed E-state index contributed by atoms with van der Waals surface area (Å²) in [6.07, 6.45) is 5.69. The Bertz CT molecular complexity index is 631. The molecule has 1 heterocycles. The summed E-state index contributed by atoms with van der Waals surface area (Å²) < 4.78 is 5.17. The number of esters is 1. The van der Waals surface area contributed by atoms with E-state index < -0.39 is 11.4 Å². The number of fused-ring (bicyclic) bond motifs is 2. The molecule has 0 aromatic rings. The van der Waals surface area contributed by atoms with Crippen molar-refractivity contribution >= 4 is 11.8 Å². The Morgan fingerprint density at radius 2 is 2.11 bits per heavy atom. The molecule has 4 nitrogen and oxygen atoms in total. The molecule has 19 heavy (non-hydrogen) atoms. The van der Waals surface area contributed by atoms with Gasteiger partial charge in [0, 0.05) is 17.4 Å². The molecular formula is C15H14O4. The molecule has 0 spiro atoms. The lowest BCUT2D eigenvalue weighted by Gasteiger charge is -2.35.